The van der Waals surface area contributed by atoms with Crippen molar-refractivity contribution in [2.24, 2.45) is 0 Å². The number of hydrogen-bond acceptors (Lipinski definition) is 4. The van der Waals surface area contributed by atoms with E-state index in [1.165, 1.54) is 0 Å². The van der Waals surface area contributed by atoms with Gasteiger partial charge in [0.25, 0.3) is 0 Å². The number of rotatable bonds is 5. The molecule has 166 valence electrons. The Labute approximate surface area is 190 Å². The summed E-state index contributed by atoms with van der Waals surface area (Å²) in [7, 11) is 0. The summed E-state index contributed by atoms with van der Waals surface area (Å²) in [6.45, 7) is 2.69. The first kappa shape index (κ1) is 20.9. The molecule has 1 atom stereocenters. The Balaban J connectivity index is 1.41. The molecule has 0 spiro atoms. The van der Waals surface area contributed by atoms with Gasteiger partial charge in [0.1, 0.15) is 11.3 Å². The van der Waals surface area contributed by atoms with Crippen LogP contribution in [0.2, 0.25) is 0 Å². The first-order valence-corrected chi connectivity index (χ1v) is 11.0. The number of amides is 1. The van der Waals surface area contributed by atoms with E-state index in [2.05, 4.69) is 20.6 Å². The molecule has 33 heavy (non-hydrogen) atoms. The quantitative estimate of drug-likeness (QED) is 0.363. The van der Waals surface area contributed by atoms with Gasteiger partial charge in [-0.3, -0.25) is 4.79 Å². The Morgan fingerprint density at radius 2 is 1.76 bits per heavy atom. The smallest absolute Gasteiger partial charge is 0.337 e. The molecule has 5 rings (SSSR count). The number of carbonyl (C=O) groups excluding carboxylic acids is 1. The standard InChI is InChI=1S/C26H24N4O3/c1-15-28-23-14-19(13-21(26(32)33)24(23)29-15)17-9-7-16(8-10-17)18-4-2-5-20(12-18)30-25(31)22-6-3-11-27-22/h2,4-5,7-10,12-14,22,27H,3,6,11H2,1H3,(H,28,29)(H,30,31)(H,32,33). The normalized spacial score (nSPS) is 15.6. The van der Waals surface area contributed by atoms with E-state index in [1.807, 2.05) is 54.6 Å². The first-order valence-electron chi connectivity index (χ1n) is 11.0. The predicted molar refractivity (Wildman–Crippen MR) is 128 cm³/mol. The number of nitrogens with zero attached hydrogens (tertiary/aromatic N) is 1. The largest absolute Gasteiger partial charge is 0.478 e. The van der Waals surface area contributed by atoms with Crippen LogP contribution in [0, 0.1) is 6.92 Å². The van der Waals surface area contributed by atoms with Crippen LogP contribution in [0.4, 0.5) is 5.69 Å². The second-order valence-corrected chi connectivity index (χ2v) is 8.34. The van der Waals surface area contributed by atoms with Crippen molar-refractivity contribution in [2.45, 2.75) is 25.8 Å². The number of benzene rings is 3. The summed E-state index contributed by atoms with van der Waals surface area (Å²) in [5, 5.41) is 15.8. The van der Waals surface area contributed by atoms with Crippen LogP contribution >= 0.6 is 0 Å². The zero-order valence-corrected chi connectivity index (χ0v) is 18.2. The van der Waals surface area contributed by atoms with Crippen molar-refractivity contribution in [3.8, 4) is 22.3 Å². The van der Waals surface area contributed by atoms with Crippen LogP contribution in [-0.2, 0) is 4.79 Å². The topological polar surface area (TPSA) is 107 Å². The van der Waals surface area contributed by atoms with E-state index in [1.54, 1.807) is 13.0 Å². The molecule has 7 nitrogen and oxygen atoms in total. The van der Waals surface area contributed by atoms with Crippen LogP contribution in [0.15, 0.2) is 60.7 Å². The Bertz CT molecular complexity index is 1350. The van der Waals surface area contributed by atoms with Crippen LogP contribution in [0.5, 0.6) is 0 Å². The number of aromatic amines is 1. The Kier molecular flexibility index (Phi) is 5.40. The molecular formula is C26H24N4O3. The average Bonchev–Trinajstić information content (AvgIpc) is 3.48. The van der Waals surface area contributed by atoms with Crippen LogP contribution in [-0.4, -0.2) is 39.5 Å². The molecule has 1 saturated heterocycles. The maximum absolute atomic E-state index is 12.4. The van der Waals surface area contributed by atoms with E-state index in [4.69, 9.17) is 0 Å². The fourth-order valence-corrected chi connectivity index (χ4v) is 4.34. The molecule has 1 aliphatic rings. The van der Waals surface area contributed by atoms with Gasteiger partial charge in [-0.05, 0) is 72.8 Å². The number of H-pyrrole nitrogens is 1. The van der Waals surface area contributed by atoms with Gasteiger partial charge in [-0.2, -0.15) is 0 Å². The maximum atomic E-state index is 12.4. The molecule has 0 aliphatic carbocycles. The van der Waals surface area contributed by atoms with Gasteiger partial charge in [0.05, 0.1) is 17.1 Å². The van der Waals surface area contributed by atoms with Crippen molar-refractivity contribution in [2.75, 3.05) is 11.9 Å². The van der Waals surface area contributed by atoms with Gasteiger partial charge in [0.2, 0.25) is 5.91 Å². The van der Waals surface area contributed by atoms with E-state index < -0.39 is 5.97 Å². The van der Waals surface area contributed by atoms with Crippen LogP contribution in [0.1, 0.15) is 29.0 Å². The number of carboxylic acids is 1. The lowest BCUT2D eigenvalue weighted by atomic mass is 9.98. The number of nitrogens with one attached hydrogen (secondary N) is 3. The second-order valence-electron chi connectivity index (χ2n) is 8.34. The molecule has 0 saturated carbocycles. The molecule has 4 aromatic rings. The van der Waals surface area contributed by atoms with Gasteiger partial charge in [0, 0.05) is 5.69 Å². The highest BCUT2D eigenvalue weighted by Crippen LogP contribution is 2.30. The maximum Gasteiger partial charge on any atom is 0.337 e. The summed E-state index contributed by atoms with van der Waals surface area (Å²) in [5.41, 5.74) is 5.82. The second kappa shape index (κ2) is 8.52. The van der Waals surface area contributed by atoms with Gasteiger partial charge in [-0.25, -0.2) is 9.78 Å². The molecule has 7 heteroatoms. The van der Waals surface area contributed by atoms with Crippen LogP contribution in [0.3, 0.4) is 0 Å². The zero-order valence-electron chi connectivity index (χ0n) is 18.2. The molecule has 1 aliphatic heterocycles. The van der Waals surface area contributed by atoms with E-state index in [9.17, 15) is 14.7 Å². The molecule has 4 N–H and O–H groups in total. The summed E-state index contributed by atoms with van der Waals surface area (Å²) in [6, 6.07) is 19.2. The van der Waals surface area contributed by atoms with Crippen molar-refractivity contribution in [1.29, 1.82) is 0 Å². The molecule has 0 radical (unpaired) electrons. The van der Waals surface area contributed by atoms with Crippen LogP contribution < -0.4 is 10.6 Å². The Morgan fingerprint density at radius 3 is 2.45 bits per heavy atom. The predicted octanol–water partition coefficient (Wildman–Crippen LogP) is 4.59. The number of hydrogen-bond donors (Lipinski definition) is 4. The number of anilines is 1. The number of carbonyl (C=O) groups is 2. The number of carboxylic acid groups (broad SMARTS) is 1. The lowest BCUT2D eigenvalue weighted by Crippen LogP contribution is -2.35. The third-order valence-corrected chi connectivity index (χ3v) is 5.99. The fourth-order valence-electron chi connectivity index (χ4n) is 4.34. The SMILES string of the molecule is Cc1nc2c(C(=O)O)cc(-c3ccc(-c4cccc(NC(=O)C5CCCN5)c4)cc3)cc2[nH]1. The molecule has 1 aromatic heterocycles. The average molecular weight is 441 g/mol. The van der Waals surface area contributed by atoms with Crippen LogP contribution in [0.25, 0.3) is 33.3 Å². The first-order chi connectivity index (χ1) is 16.0. The number of aromatic nitrogens is 2. The number of fused-ring (bicyclic) bond motifs is 1. The summed E-state index contributed by atoms with van der Waals surface area (Å²) < 4.78 is 0. The Hall–Kier alpha value is -3.97. The third kappa shape index (κ3) is 4.23. The molecule has 1 unspecified atom stereocenters. The molecule has 2 heterocycles. The lowest BCUT2D eigenvalue weighted by Gasteiger charge is -2.12. The van der Waals surface area contributed by atoms with E-state index >= 15 is 0 Å². The molecular weight excluding hydrogens is 416 g/mol. The summed E-state index contributed by atoms with van der Waals surface area (Å²) in [4.78, 5) is 31.6. The minimum atomic E-state index is -1.00. The summed E-state index contributed by atoms with van der Waals surface area (Å²) in [5.74, 6) is -0.328. The van der Waals surface area contributed by atoms with Crippen molar-refractivity contribution in [3.05, 3.63) is 72.1 Å². The van der Waals surface area contributed by atoms with Crippen molar-refractivity contribution in [3.63, 3.8) is 0 Å². The summed E-state index contributed by atoms with van der Waals surface area (Å²) in [6.07, 6.45) is 1.88. The van der Waals surface area contributed by atoms with Gasteiger partial charge in [-0.15, -0.1) is 0 Å². The zero-order chi connectivity index (χ0) is 22.9. The minimum absolute atomic E-state index is 0.00123. The lowest BCUT2D eigenvalue weighted by molar-refractivity contribution is -0.117. The highest BCUT2D eigenvalue weighted by molar-refractivity contribution is 6.03. The van der Waals surface area contributed by atoms with E-state index in [0.717, 1.165) is 47.3 Å². The molecule has 1 amide bonds. The van der Waals surface area contributed by atoms with Gasteiger partial charge in [-0.1, -0.05) is 36.4 Å². The van der Waals surface area contributed by atoms with Gasteiger partial charge >= 0.3 is 5.97 Å². The Morgan fingerprint density at radius 1 is 1.00 bits per heavy atom. The van der Waals surface area contributed by atoms with Gasteiger partial charge in [0.15, 0.2) is 0 Å². The summed E-state index contributed by atoms with van der Waals surface area (Å²) >= 11 is 0. The number of aromatic carboxylic acids is 1. The van der Waals surface area contributed by atoms with E-state index in [0.29, 0.717) is 16.9 Å². The number of aryl methyl sites for hydroxylation is 1. The van der Waals surface area contributed by atoms with Crippen molar-refractivity contribution < 1.29 is 14.7 Å². The van der Waals surface area contributed by atoms with Gasteiger partial charge < -0.3 is 20.7 Å². The number of imidazole rings is 1. The highest BCUT2D eigenvalue weighted by atomic mass is 16.4. The van der Waals surface area contributed by atoms with E-state index in [-0.39, 0.29) is 17.5 Å². The highest BCUT2D eigenvalue weighted by Gasteiger charge is 2.22. The van der Waals surface area contributed by atoms with Crippen molar-refractivity contribution >= 4 is 28.6 Å². The minimum Gasteiger partial charge on any atom is -0.478 e. The fraction of sp³-hybridized carbons (Fsp3) is 0.192. The monoisotopic (exact) mass is 440 g/mol. The van der Waals surface area contributed by atoms with Crippen molar-refractivity contribution in [1.82, 2.24) is 15.3 Å². The third-order valence-electron chi connectivity index (χ3n) is 5.99. The molecule has 1 fully saturated rings. The molecule has 0 bridgehead atoms. The molecule has 3 aromatic carbocycles.